The summed E-state index contributed by atoms with van der Waals surface area (Å²) < 4.78 is 0.755. The molecule has 84 valence electrons. The van der Waals surface area contributed by atoms with Gasteiger partial charge >= 0.3 is 0 Å². The topological polar surface area (TPSA) is 31.4 Å². The molecule has 2 heterocycles. The summed E-state index contributed by atoms with van der Waals surface area (Å²) in [4.78, 5) is 6.53. The van der Waals surface area contributed by atoms with Crippen molar-refractivity contribution in [1.29, 1.82) is 0 Å². The predicted octanol–water partition coefficient (Wildman–Crippen LogP) is 1.05. The normalized spacial score (nSPS) is 19.6. The number of halogens is 1. The SMILES string of the molecule is CN1CCN(NCc2ncc(Cl)s2)CC1. The van der Waals surface area contributed by atoms with Gasteiger partial charge in [0.1, 0.15) is 9.34 Å². The second-order valence-electron chi connectivity index (χ2n) is 3.68. The Bertz CT molecular complexity index is 309. The number of thiazole rings is 1. The van der Waals surface area contributed by atoms with Gasteiger partial charge in [0.25, 0.3) is 0 Å². The number of piperazine rings is 1. The van der Waals surface area contributed by atoms with E-state index < -0.39 is 0 Å². The Morgan fingerprint density at radius 1 is 1.47 bits per heavy atom. The number of nitrogens with one attached hydrogen (secondary N) is 1. The lowest BCUT2D eigenvalue weighted by Crippen LogP contribution is -2.50. The van der Waals surface area contributed by atoms with Crippen molar-refractivity contribution in [2.75, 3.05) is 33.2 Å². The first kappa shape index (κ1) is 11.3. The Kier molecular flexibility index (Phi) is 3.93. The third-order valence-corrected chi connectivity index (χ3v) is 3.60. The molecule has 0 aliphatic carbocycles. The van der Waals surface area contributed by atoms with Crippen LogP contribution in [0, 0.1) is 0 Å². The molecule has 1 aliphatic rings. The van der Waals surface area contributed by atoms with Gasteiger partial charge in [-0.1, -0.05) is 11.6 Å². The van der Waals surface area contributed by atoms with Crippen molar-refractivity contribution in [2.24, 2.45) is 0 Å². The second-order valence-corrected chi connectivity index (χ2v) is 5.43. The van der Waals surface area contributed by atoms with Crippen LogP contribution in [0.5, 0.6) is 0 Å². The fourth-order valence-corrected chi connectivity index (χ4v) is 2.40. The van der Waals surface area contributed by atoms with Gasteiger partial charge in [0, 0.05) is 26.2 Å². The molecule has 0 aromatic carbocycles. The van der Waals surface area contributed by atoms with Gasteiger partial charge in [0.15, 0.2) is 0 Å². The van der Waals surface area contributed by atoms with Crippen LogP contribution in [0.1, 0.15) is 5.01 Å². The van der Waals surface area contributed by atoms with E-state index in [2.05, 4.69) is 27.4 Å². The van der Waals surface area contributed by atoms with Crippen LogP contribution >= 0.6 is 22.9 Å². The zero-order valence-electron chi connectivity index (χ0n) is 8.74. The molecule has 1 aromatic heterocycles. The maximum Gasteiger partial charge on any atom is 0.113 e. The van der Waals surface area contributed by atoms with Crippen LogP contribution in [-0.2, 0) is 6.54 Å². The maximum absolute atomic E-state index is 5.81. The van der Waals surface area contributed by atoms with Crippen LogP contribution in [0.3, 0.4) is 0 Å². The monoisotopic (exact) mass is 246 g/mol. The van der Waals surface area contributed by atoms with E-state index in [9.17, 15) is 0 Å². The summed E-state index contributed by atoms with van der Waals surface area (Å²) in [6.07, 6.45) is 1.70. The first-order valence-corrected chi connectivity index (χ1v) is 6.21. The summed E-state index contributed by atoms with van der Waals surface area (Å²) in [7, 11) is 2.15. The fraction of sp³-hybridized carbons (Fsp3) is 0.667. The molecule has 1 N–H and O–H groups in total. The lowest BCUT2D eigenvalue weighted by atomic mass is 10.4. The van der Waals surface area contributed by atoms with Gasteiger partial charge in [-0.15, -0.1) is 11.3 Å². The Hall–Kier alpha value is -0.200. The third kappa shape index (κ3) is 3.39. The number of rotatable bonds is 3. The summed E-state index contributed by atoms with van der Waals surface area (Å²) in [6.45, 7) is 5.14. The van der Waals surface area contributed by atoms with Gasteiger partial charge < -0.3 is 4.90 Å². The van der Waals surface area contributed by atoms with Crippen LogP contribution in [0.2, 0.25) is 4.34 Å². The molecule has 4 nitrogen and oxygen atoms in total. The lowest BCUT2D eigenvalue weighted by Gasteiger charge is -2.32. The molecule has 1 aromatic rings. The highest BCUT2D eigenvalue weighted by molar-refractivity contribution is 7.15. The quantitative estimate of drug-likeness (QED) is 0.864. The molecular formula is C9H15ClN4S. The van der Waals surface area contributed by atoms with Crippen molar-refractivity contribution < 1.29 is 0 Å². The molecule has 0 amide bonds. The Morgan fingerprint density at radius 2 is 2.20 bits per heavy atom. The Morgan fingerprint density at radius 3 is 2.80 bits per heavy atom. The Labute approximate surface area is 98.8 Å². The average molecular weight is 247 g/mol. The molecule has 0 radical (unpaired) electrons. The summed E-state index contributed by atoms with van der Waals surface area (Å²) in [6, 6.07) is 0. The Balaban J connectivity index is 1.74. The minimum Gasteiger partial charge on any atom is -0.304 e. The highest BCUT2D eigenvalue weighted by Gasteiger charge is 2.13. The number of nitrogens with zero attached hydrogens (tertiary/aromatic N) is 3. The molecule has 0 unspecified atom stereocenters. The van der Waals surface area contributed by atoms with Crippen LogP contribution in [0.15, 0.2) is 6.20 Å². The predicted molar refractivity (Wildman–Crippen MR) is 63.0 cm³/mol. The van der Waals surface area contributed by atoms with Crippen LogP contribution < -0.4 is 5.43 Å². The summed E-state index contributed by atoms with van der Waals surface area (Å²) in [5.74, 6) is 0. The van der Waals surface area contributed by atoms with Gasteiger partial charge in [0.05, 0.1) is 12.7 Å². The van der Waals surface area contributed by atoms with Crippen molar-refractivity contribution in [2.45, 2.75) is 6.54 Å². The third-order valence-electron chi connectivity index (χ3n) is 2.48. The van der Waals surface area contributed by atoms with Crippen molar-refractivity contribution in [3.63, 3.8) is 0 Å². The number of likely N-dealkylation sites (N-methyl/N-ethyl adjacent to an activating group) is 1. The van der Waals surface area contributed by atoms with E-state index in [1.807, 2.05) is 0 Å². The summed E-state index contributed by atoms with van der Waals surface area (Å²) >= 11 is 7.34. The van der Waals surface area contributed by atoms with Gasteiger partial charge in [-0.25, -0.2) is 15.4 Å². The van der Waals surface area contributed by atoms with Crippen molar-refractivity contribution >= 4 is 22.9 Å². The van der Waals surface area contributed by atoms with Crippen molar-refractivity contribution in [3.8, 4) is 0 Å². The largest absolute Gasteiger partial charge is 0.304 e. The molecule has 0 saturated carbocycles. The van der Waals surface area contributed by atoms with E-state index in [1.54, 1.807) is 6.20 Å². The number of hydrazine groups is 1. The molecule has 0 bridgehead atoms. The molecule has 2 rings (SSSR count). The highest BCUT2D eigenvalue weighted by Crippen LogP contribution is 2.17. The van der Waals surface area contributed by atoms with Crippen LogP contribution in [0.25, 0.3) is 0 Å². The number of hydrogen-bond acceptors (Lipinski definition) is 5. The van der Waals surface area contributed by atoms with E-state index in [-0.39, 0.29) is 0 Å². The molecule has 1 saturated heterocycles. The first-order chi connectivity index (χ1) is 7.24. The maximum atomic E-state index is 5.81. The van der Waals surface area contributed by atoms with Crippen molar-refractivity contribution in [3.05, 3.63) is 15.5 Å². The van der Waals surface area contributed by atoms with Crippen molar-refractivity contribution in [1.82, 2.24) is 20.3 Å². The second kappa shape index (κ2) is 5.23. The number of aromatic nitrogens is 1. The van der Waals surface area contributed by atoms with Gasteiger partial charge in [0.2, 0.25) is 0 Å². The smallest absolute Gasteiger partial charge is 0.113 e. The lowest BCUT2D eigenvalue weighted by molar-refractivity contribution is 0.102. The van der Waals surface area contributed by atoms with Gasteiger partial charge in [-0.3, -0.25) is 0 Å². The van der Waals surface area contributed by atoms with E-state index in [0.29, 0.717) is 0 Å². The molecule has 1 aliphatic heterocycles. The molecule has 0 atom stereocenters. The standard InChI is InChI=1S/C9H15ClN4S/c1-13-2-4-14(5-3-13)12-7-9-11-6-8(10)15-9/h6,12H,2-5,7H2,1H3. The van der Waals surface area contributed by atoms with Crippen LogP contribution in [0.4, 0.5) is 0 Å². The van der Waals surface area contributed by atoms with E-state index in [1.165, 1.54) is 11.3 Å². The molecule has 15 heavy (non-hydrogen) atoms. The zero-order chi connectivity index (χ0) is 10.7. The average Bonchev–Trinajstić information content (AvgIpc) is 2.64. The first-order valence-electron chi connectivity index (χ1n) is 5.01. The minimum atomic E-state index is 0.755. The molecule has 0 spiro atoms. The molecular weight excluding hydrogens is 232 g/mol. The highest BCUT2D eigenvalue weighted by atomic mass is 35.5. The number of hydrogen-bond donors (Lipinski definition) is 1. The molecule has 1 fully saturated rings. The minimum absolute atomic E-state index is 0.755. The zero-order valence-corrected chi connectivity index (χ0v) is 10.3. The summed E-state index contributed by atoms with van der Waals surface area (Å²) in [5, 5.41) is 3.29. The fourth-order valence-electron chi connectivity index (χ4n) is 1.51. The molecule has 6 heteroatoms. The van der Waals surface area contributed by atoms with E-state index in [4.69, 9.17) is 11.6 Å². The van der Waals surface area contributed by atoms with Crippen LogP contribution in [-0.4, -0.2) is 48.1 Å². The van der Waals surface area contributed by atoms with E-state index in [0.717, 1.165) is 42.1 Å². The summed E-state index contributed by atoms with van der Waals surface area (Å²) in [5.41, 5.74) is 3.37. The van der Waals surface area contributed by atoms with E-state index >= 15 is 0 Å². The van der Waals surface area contributed by atoms with Gasteiger partial charge in [-0.2, -0.15) is 0 Å². The van der Waals surface area contributed by atoms with Gasteiger partial charge in [-0.05, 0) is 7.05 Å².